The first-order chi connectivity index (χ1) is 15.5. The second-order valence-corrected chi connectivity index (χ2v) is 9.21. The lowest BCUT2D eigenvalue weighted by molar-refractivity contribution is -0.136. The summed E-state index contributed by atoms with van der Waals surface area (Å²) in [6, 6.07) is 15.4. The Bertz CT molecular complexity index is 1070. The van der Waals surface area contributed by atoms with Crippen molar-refractivity contribution in [1.29, 1.82) is 0 Å². The number of halogens is 1. The molecule has 0 unspecified atom stereocenters. The van der Waals surface area contributed by atoms with Crippen LogP contribution in [0.5, 0.6) is 5.75 Å². The van der Waals surface area contributed by atoms with Crippen molar-refractivity contribution < 1.29 is 19.1 Å². The van der Waals surface area contributed by atoms with Gasteiger partial charge in [-0.1, -0.05) is 24.3 Å². The van der Waals surface area contributed by atoms with Crippen LogP contribution in [0.4, 0.5) is 10.5 Å². The number of anilines is 1. The smallest absolute Gasteiger partial charge is 0.294 e. The highest BCUT2D eigenvalue weighted by atomic mass is 79.9. The van der Waals surface area contributed by atoms with Crippen molar-refractivity contribution in [1.82, 2.24) is 9.80 Å². The normalized spacial score (nSPS) is 17.9. The summed E-state index contributed by atoms with van der Waals surface area (Å²) in [6.07, 6.45) is 1.65. The summed E-state index contributed by atoms with van der Waals surface area (Å²) in [4.78, 5) is 43.3. The summed E-state index contributed by atoms with van der Waals surface area (Å²) in [6.45, 7) is 2.30. The maximum Gasteiger partial charge on any atom is 0.294 e. The molecule has 2 heterocycles. The fourth-order valence-corrected chi connectivity index (χ4v) is 5.04. The monoisotopic (exact) mass is 515 g/mol. The topological polar surface area (TPSA) is 70.2 Å². The van der Waals surface area contributed by atoms with Crippen LogP contribution in [0.25, 0.3) is 6.08 Å². The maximum atomic E-state index is 12.8. The summed E-state index contributed by atoms with van der Waals surface area (Å²) >= 11 is 4.27. The zero-order valence-corrected chi connectivity index (χ0v) is 19.9. The average Bonchev–Trinajstić information content (AvgIpc) is 3.07. The number of imide groups is 1. The van der Waals surface area contributed by atoms with Crippen LogP contribution >= 0.6 is 27.7 Å². The molecule has 3 amide bonds. The van der Waals surface area contributed by atoms with Gasteiger partial charge in [0.2, 0.25) is 5.91 Å². The molecular formula is C23H22BrN3O4S. The molecule has 2 aromatic carbocycles. The fraction of sp³-hybridized carbons (Fsp3) is 0.261. The number of nitrogens with zero attached hydrogens (tertiary/aromatic N) is 3. The molecule has 7 nitrogen and oxygen atoms in total. The van der Waals surface area contributed by atoms with Crippen LogP contribution in [0.2, 0.25) is 0 Å². The second kappa shape index (κ2) is 9.79. The summed E-state index contributed by atoms with van der Waals surface area (Å²) in [7, 11) is 1.57. The molecule has 2 aliphatic rings. The van der Waals surface area contributed by atoms with Gasteiger partial charge in [-0.15, -0.1) is 0 Å². The van der Waals surface area contributed by atoms with Gasteiger partial charge in [-0.2, -0.15) is 0 Å². The minimum atomic E-state index is -0.441. The molecule has 2 fully saturated rings. The first kappa shape index (κ1) is 22.4. The summed E-state index contributed by atoms with van der Waals surface area (Å²) in [5.74, 6) is 0.0184. The SMILES string of the molecule is COc1ccc(/C=C2/SC(=O)N(CC(=O)N3CCN(c4ccccc4)CC3)C2=O)cc1Br. The second-order valence-electron chi connectivity index (χ2n) is 7.37. The largest absolute Gasteiger partial charge is 0.496 e. The molecule has 0 aromatic heterocycles. The van der Waals surface area contributed by atoms with Crippen LogP contribution in [-0.2, 0) is 9.59 Å². The third-order valence-electron chi connectivity index (χ3n) is 5.39. The van der Waals surface area contributed by atoms with E-state index in [2.05, 4.69) is 20.8 Å². The Morgan fingerprint density at radius 1 is 1.09 bits per heavy atom. The maximum absolute atomic E-state index is 12.8. The number of hydrogen-bond acceptors (Lipinski definition) is 6. The Morgan fingerprint density at radius 3 is 2.47 bits per heavy atom. The van der Waals surface area contributed by atoms with E-state index in [-0.39, 0.29) is 12.5 Å². The van der Waals surface area contributed by atoms with Crippen LogP contribution in [0.15, 0.2) is 57.9 Å². The highest BCUT2D eigenvalue weighted by Crippen LogP contribution is 2.34. The minimum Gasteiger partial charge on any atom is -0.496 e. The van der Waals surface area contributed by atoms with Gasteiger partial charge in [-0.25, -0.2) is 0 Å². The number of rotatable bonds is 5. The van der Waals surface area contributed by atoms with E-state index in [1.165, 1.54) is 0 Å². The lowest BCUT2D eigenvalue weighted by atomic mass is 10.2. The molecule has 0 bridgehead atoms. The van der Waals surface area contributed by atoms with Crippen LogP contribution < -0.4 is 9.64 Å². The molecule has 32 heavy (non-hydrogen) atoms. The lowest BCUT2D eigenvalue weighted by Gasteiger charge is -2.36. The van der Waals surface area contributed by atoms with Crippen LogP contribution in [0, 0.1) is 0 Å². The fourth-order valence-electron chi connectivity index (χ4n) is 3.65. The van der Waals surface area contributed by atoms with Gasteiger partial charge in [-0.05, 0) is 63.6 Å². The van der Waals surface area contributed by atoms with E-state index >= 15 is 0 Å². The lowest BCUT2D eigenvalue weighted by Crippen LogP contribution is -2.51. The number of benzene rings is 2. The molecule has 2 aromatic rings. The zero-order chi connectivity index (χ0) is 22.7. The van der Waals surface area contributed by atoms with Gasteiger partial charge in [0.25, 0.3) is 11.1 Å². The van der Waals surface area contributed by atoms with Gasteiger partial charge >= 0.3 is 0 Å². The van der Waals surface area contributed by atoms with Crippen molar-refractivity contribution in [2.75, 3.05) is 44.7 Å². The molecule has 0 N–H and O–H groups in total. The van der Waals surface area contributed by atoms with Gasteiger partial charge in [0, 0.05) is 31.9 Å². The van der Waals surface area contributed by atoms with Crippen molar-refractivity contribution in [2.24, 2.45) is 0 Å². The Morgan fingerprint density at radius 2 is 1.81 bits per heavy atom. The van der Waals surface area contributed by atoms with Gasteiger partial charge < -0.3 is 14.5 Å². The van der Waals surface area contributed by atoms with Gasteiger partial charge in [0.15, 0.2) is 0 Å². The average molecular weight is 516 g/mol. The number of para-hydroxylation sites is 1. The number of methoxy groups -OCH3 is 1. The first-order valence-corrected chi connectivity index (χ1v) is 11.7. The molecule has 0 spiro atoms. The number of carbonyl (C=O) groups excluding carboxylic acids is 3. The number of amides is 3. The Hall–Kier alpha value is -2.78. The van der Waals surface area contributed by atoms with E-state index in [1.54, 1.807) is 30.2 Å². The Labute approximate surface area is 199 Å². The molecule has 9 heteroatoms. The summed E-state index contributed by atoms with van der Waals surface area (Å²) < 4.78 is 5.96. The van der Waals surface area contributed by atoms with E-state index < -0.39 is 11.1 Å². The van der Waals surface area contributed by atoms with Gasteiger partial charge in [0.05, 0.1) is 16.5 Å². The summed E-state index contributed by atoms with van der Waals surface area (Å²) in [5.41, 5.74) is 1.88. The van der Waals surface area contributed by atoms with E-state index in [0.717, 1.165) is 32.4 Å². The Balaban J connectivity index is 1.37. The van der Waals surface area contributed by atoms with Crippen molar-refractivity contribution in [2.45, 2.75) is 0 Å². The molecule has 2 aliphatic heterocycles. The summed E-state index contributed by atoms with van der Waals surface area (Å²) in [5, 5.41) is -0.426. The van der Waals surface area contributed by atoms with Gasteiger partial charge in [-0.3, -0.25) is 19.3 Å². The Kier molecular flexibility index (Phi) is 6.86. The zero-order valence-electron chi connectivity index (χ0n) is 17.5. The highest BCUT2D eigenvalue weighted by molar-refractivity contribution is 9.10. The number of thioether (sulfide) groups is 1. The molecule has 0 atom stereocenters. The predicted octanol–water partition coefficient (Wildman–Crippen LogP) is 3.84. The molecule has 4 rings (SSSR count). The van der Waals surface area contributed by atoms with E-state index in [4.69, 9.17) is 4.74 Å². The number of carbonyl (C=O) groups is 3. The molecule has 2 saturated heterocycles. The van der Waals surface area contributed by atoms with Crippen molar-refractivity contribution in [3.63, 3.8) is 0 Å². The third-order valence-corrected chi connectivity index (χ3v) is 6.92. The minimum absolute atomic E-state index is 0.214. The predicted molar refractivity (Wildman–Crippen MR) is 129 cm³/mol. The number of piperazine rings is 1. The van der Waals surface area contributed by atoms with E-state index in [1.807, 2.05) is 36.4 Å². The molecule has 0 radical (unpaired) electrons. The number of ether oxygens (including phenoxy) is 1. The van der Waals surface area contributed by atoms with E-state index in [0.29, 0.717) is 36.8 Å². The molecule has 0 saturated carbocycles. The molecule has 166 valence electrons. The van der Waals surface area contributed by atoms with Crippen molar-refractivity contribution >= 4 is 56.5 Å². The van der Waals surface area contributed by atoms with Crippen LogP contribution in [0.3, 0.4) is 0 Å². The first-order valence-electron chi connectivity index (χ1n) is 10.1. The highest BCUT2D eigenvalue weighted by Gasteiger charge is 2.37. The van der Waals surface area contributed by atoms with Crippen LogP contribution in [0.1, 0.15) is 5.56 Å². The van der Waals surface area contributed by atoms with E-state index in [9.17, 15) is 14.4 Å². The quantitative estimate of drug-likeness (QED) is 0.563. The van der Waals surface area contributed by atoms with Crippen LogP contribution in [-0.4, -0.2) is 66.7 Å². The number of hydrogen-bond donors (Lipinski definition) is 0. The van der Waals surface area contributed by atoms with Gasteiger partial charge in [0.1, 0.15) is 12.3 Å². The van der Waals surface area contributed by atoms with Crippen molar-refractivity contribution in [3.8, 4) is 5.75 Å². The molecular weight excluding hydrogens is 494 g/mol. The molecule has 0 aliphatic carbocycles. The third kappa shape index (κ3) is 4.83. The van der Waals surface area contributed by atoms with Crippen molar-refractivity contribution in [3.05, 3.63) is 63.5 Å². The standard InChI is InChI=1S/C23H22BrN3O4S/c1-31-19-8-7-16(13-18(19)24)14-20-22(29)27(23(30)32-20)15-21(28)26-11-9-25(10-12-26)17-5-3-2-4-6-17/h2-8,13-14H,9-12,15H2,1H3/b20-14+.